The molecule has 4 nitrogen and oxygen atoms in total. The highest BCUT2D eigenvalue weighted by atomic mass is 35.5. The number of halogens is 1. The SMILES string of the molecule is O=c1c2c(Cl)cccc2[nH]c(=S)n1CC1CCOCC1. The standard InChI is InChI=1S/C14H15ClN2O2S/c15-10-2-1-3-11-12(10)13(18)17(14(20)16-11)8-9-4-6-19-7-5-9/h1-3,9H,4-8H2,(H,16,20). The van der Waals surface area contributed by atoms with Crippen molar-refractivity contribution in [3.05, 3.63) is 38.3 Å². The topological polar surface area (TPSA) is 47.0 Å². The van der Waals surface area contributed by atoms with E-state index in [0.29, 0.717) is 33.2 Å². The molecule has 0 bridgehead atoms. The van der Waals surface area contributed by atoms with E-state index in [9.17, 15) is 4.79 Å². The van der Waals surface area contributed by atoms with Crippen molar-refractivity contribution in [1.29, 1.82) is 0 Å². The largest absolute Gasteiger partial charge is 0.381 e. The van der Waals surface area contributed by atoms with Gasteiger partial charge in [0, 0.05) is 19.8 Å². The van der Waals surface area contributed by atoms with Gasteiger partial charge in [0.1, 0.15) is 0 Å². The first-order valence-electron chi connectivity index (χ1n) is 6.66. The van der Waals surface area contributed by atoms with Crippen LogP contribution in [0.2, 0.25) is 5.02 Å². The van der Waals surface area contributed by atoms with E-state index in [0.717, 1.165) is 26.1 Å². The second-order valence-electron chi connectivity index (χ2n) is 5.06. The van der Waals surface area contributed by atoms with E-state index in [2.05, 4.69) is 4.98 Å². The molecular weight excluding hydrogens is 296 g/mol. The highest BCUT2D eigenvalue weighted by molar-refractivity contribution is 7.71. The van der Waals surface area contributed by atoms with Crippen molar-refractivity contribution < 1.29 is 4.74 Å². The van der Waals surface area contributed by atoms with Gasteiger partial charge in [-0.25, -0.2) is 0 Å². The van der Waals surface area contributed by atoms with Crippen LogP contribution in [0.4, 0.5) is 0 Å². The van der Waals surface area contributed by atoms with Crippen LogP contribution in [0.5, 0.6) is 0 Å². The fourth-order valence-corrected chi connectivity index (χ4v) is 3.13. The van der Waals surface area contributed by atoms with Gasteiger partial charge in [-0.1, -0.05) is 17.7 Å². The van der Waals surface area contributed by atoms with E-state index in [4.69, 9.17) is 28.6 Å². The van der Waals surface area contributed by atoms with Crippen molar-refractivity contribution in [2.24, 2.45) is 5.92 Å². The number of ether oxygens (including phenoxy) is 1. The van der Waals surface area contributed by atoms with Gasteiger partial charge in [0.15, 0.2) is 4.77 Å². The van der Waals surface area contributed by atoms with Crippen LogP contribution < -0.4 is 5.56 Å². The maximum atomic E-state index is 12.6. The Morgan fingerprint density at radius 1 is 1.40 bits per heavy atom. The van der Waals surface area contributed by atoms with E-state index in [1.165, 1.54) is 0 Å². The molecule has 0 saturated carbocycles. The molecule has 1 fully saturated rings. The molecule has 1 aromatic heterocycles. The molecule has 2 heterocycles. The molecule has 1 aromatic carbocycles. The summed E-state index contributed by atoms with van der Waals surface area (Å²) in [6.07, 6.45) is 1.92. The van der Waals surface area contributed by atoms with Crippen LogP contribution in [0.1, 0.15) is 12.8 Å². The molecule has 0 spiro atoms. The molecule has 1 aliphatic heterocycles. The Labute approximate surface area is 126 Å². The van der Waals surface area contributed by atoms with Crippen molar-refractivity contribution in [3.8, 4) is 0 Å². The number of hydrogen-bond acceptors (Lipinski definition) is 3. The van der Waals surface area contributed by atoms with Crippen LogP contribution in [0.3, 0.4) is 0 Å². The summed E-state index contributed by atoms with van der Waals surface area (Å²) in [7, 11) is 0. The number of rotatable bonds is 2. The summed E-state index contributed by atoms with van der Waals surface area (Å²) in [5.41, 5.74) is 0.580. The normalized spacial score (nSPS) is 16.6. The van der Waals surface area contributed by atoms with E-state index >= 15 is 0 Å². The molecule has 20 heavy (non-hydrogen) atoms. The number of nitrogens with one attached hydrogen (secondary N) is 1. The Bertz CT molecular complexity index is 747. The Balaban J connectivity index is 2.08. The number of H-pyrrole nitrogens is 1. The van der Waals surface area contributed by atoms with E-state index in [-0.39, 0.29) is 5.56 Å². The van der Waals surface area contributed by atoms with E-state index in [1.807, 2.05) is 6.07 Å². The lowest BCUT2D eigenvalue weighted by atomic mass is 10.0. The summed E-state index contributed by atoms with van der Waals surface area (Å²) in [4.78, 5) is 15.7. The zero-order chi connectivity index (χ0) is 14.1. The molecule has 1 saturated heterocycles. The number of aromatic amines is 1. The van der Waals surface area contributed by atoms with Gasteiger partial charge in [-0.15, -0.1) is 0 Å². The first-order valence-corrected chi connectivity index (χ1v) is 7.44. The van der Waals surface area contributed by atoms with Crippen molar-refractivity contribution >= 4 is 34.7 Å². The Hall–Kier alpha value is -1.17. The summed E-state index contributed by atoms with van der Waals surface area (Å²) < 4.78 is 7.42. The third-order valence-electron chi connectivity index (χ3n) is 3.74. The van der Waals surface area contributed by atoms with Crippen molar-refractivity contribution in [2.75, 3.05) is 13.2 Å². The highest BCUT2D eigenvalue weighted by Crippen LogP contribution is 2.20. The first-order chi connectivity index (χ1) is 9.66. The molecule has 0 unspecified atom stereocenters. The molecule has 2 aromatic rings. The van der Waals surface area contributed by atoms with Crippen molar-refractivity contribution in [3.63, 3.8) is 0 Å². The van der Waals surface area contributed by atoms with Gasteiger partial charge >= 0.3 is 0 Å². The van der Waals surface area contributed by atoms with Crippen molar-refractivity contribution in [1.82, 2.24) is 9.55 Å². The predicted molar refractivity (Wildman–Crippen MR) is 81.9 cm³/mol. The Morgan fingerprint density at radius 2 is 2.15 bits per heavy atom. The Kier molecular flexibility index (Phi) is 3.92. The number of hydrogen-bond donors (Lipinski definition) is 1. The predicted octanol–water partition coefficient (Wildman–Crippen LogP) is 3.14. The van der Waals surface area contributed by atoms with Gasteiger partial charge in [-0.05, 0) is 43.1 Å². The van der Waals surface area contributed by atoms with Crippen LogP contribution in [0.25, 0.3) is 10.9 Å². The second kappa shape index (κ2) is 5.68. The summed E-state index contributed by atoms with van der Waals surface area (Å²) in [6, 6.07) is 5.34. The molecule has 0 aliphatic carbocycles. The molecule has 3 rings (SSSR count). The molecule has 0 radical (unpaired) electrons. The van der Waals surface area contributed by atoms with Gasteiger partial charge in [-0.2, -0.15) is 0 Å². The van der Waals surface area contributed by atoms with Gasteiger partial charge in [0.05, 0.1) is 15.9 Å². The number of fused-ring (bicyclic) bond motifs is 1. The zero-order valence-corrected chi connectivity index (χ0v) is 12.5. The minimum Gasteiger partial charge on any atom is -0.381 e. The summed E-state index contributed by atoms with van der Waals surface area (Å²) >= 11 is 11.5. The van der Waals surface area contributed by atoms with Gasteiger partial charge in [0.25, 0.3) is 5.56 Å². The fraction of sp³-hybridized carbons (Fsp3) is 0.429. The lowest BCUT2D eigenvalue weighted by Crippen LogP contribution is -2.28. The third-order valence-corrected chi connectivity index (χ3v) is 4.38. The molecule has 106 valence electrons. The number of benzene rings is 1. The van der Waals surface area contributed by atoms with Crippen molar-refractivity contribution in [2.45, 2.75) is 19.4 Å². The zero-order valence-electron chi connectivity index (χ0n) is 10.9. The molecule has 6 heteroatoms. The van der Waals surface area contributed by atoms with Crippen LogP contribution in [-0.2, 0) is 11.3 Å². The number of nitrogens with zero attached hydrogens (tertiary/aromatic N) is 1. The first kappa shape index (κ1) is 13.8. The van der Waals surface area contributed by atoms with Crippen LogP contribution in [0.15, 0.2) is 23.0 Å². The fourth-order valence-electron chi connectivity index (χ4n) is 2.61. The lowest BCUT2D eigenvalue weighted by Gasteiger charge is -2.22. The third kappa shape index (κ3) is 2.53. The van der Waals surface area contributed by atoms with Crippen LogP contribution in [0, 0.1) is 10.7 Å². The highest BCUT2D eigenvalue weighted by Gasteiger charge is 2.17. The summed E-state index contributed by atoms with van der Waals surface area (Å²) in [5, 5.41) is 0.967. The van der Waals surface area contributed by atoms with Crippen LogP contribution >= 0.6 is 23.8 Å². The minimum absolute atomic E-state index is 0.110. The summed E-state index contributed by atoms with van der Waals surface area (Å²) in [5.74, 6) is 0.427. The quantitative estimate of drug-likeness (QED) is 0.867. The molecule has 0 atom stereocenters. The second-order valence-corrected chi connectivity index (χ2v) is 5.86. The molecular formula is C14H15ClN2O2S. The van der Waals surface area contributed by atoms with Gasteiger partial charge < -0.3 is 9.72 Å². The van der Waals surface area contributed by atoms with Crippen LogP contribution in [-0.4, -0.2) is 22.8 Å². The summed E-state index contributed by atoms with van der Waals surface area (Å²) in [6.45, 7) is 2.13. The number of aromatic nitrogens is 2. The average Bonchev–Trinajstić information content (AvgIpc) is 2.44. The molecule has 1 aliphatic rings. The molecule has 0 amide bonds. The molecule has 1 N–H and O–H groups in total. The minimum atomic E-state index is -0.110. The van der Waals surface area contributed by atoms with Gasteiger partial charge in [0.2, 0.25) is 0 Å². The Morgan fingerprint density at radius 3 is 2.90 bits per heavy atom. The van der Waals surface area contributed by atoms with E-state index < -0.39 is 0 Å². The maximum absolute atomic E-state index is 12.6. The average molecular weight is 311 g/mol. The lowest BCUT2D eigenvalue weighted by molar-refractivity contribution is 0.0608. The maximum Gasteiger partial charge on any atom is 0.263 e. The monoisotopic (exact) mass is 310 g/mol. The smallest absolute Gasteiger partial charge is 0.263 e. The van der Waals surface area contributed by atoms with Gasteiger partial charge in [-0.3, -0.25) is 9.36 Å². The van der Waals surface area contributed by atoms with E-state index in [1.54, 1.807) is 16.7 Å².